The number of aromatic nitrogens is 2. The molecule has 0 atom stereocenters. The SMILES string of the molecule is CCN(CCNC(=NC)NCCCn1cccn1)c1ccccc1C. The number of aliphatic imine (C=N–C) groups is 1. The highest BCUT2D eigenvalue weighted by Gasteiger charge is 2.06. The van der Waals surface area contributed by atoms with E-state index in [1.807, 2.05) is 30.2 Å². The second kappa shape index (κ2) is 10.4. The predicted octanol–water partition coefficient (Wildman–Crippen LogP) is 2.27. The van der Waals surface area contributed by atoms with Crippen LogP contribution in [0.5, 0.6) is 0 Å². The molecule has 0 bridgehead atoms. The molecule has 0 spiro atoms. The topological polar surface area (TPSA) is 57.5 Å². The molecule has 25 heavy (non-hydrogen) atoms. The lowest BCUT2D eigenvalue weighted by Crippen LogP contribution is -2.42. The van der Waals surface area contributed by atoms with Gasteiger partial charge in [0, 0.05) is 57.9 Å². The molecule has 0 amide bonds. The highest BCUT2D eigenvalue weighted by atomic mass is 15.3. The van der Waals surface area contributed by atoms with Crippen molar-refractivity contribution < 1.29 is 0 Å². The molecule has 0 saturated carbocycles. The summed E-state index contributed by atoms with van der Waals surface area (Å²) in [5, 5.41) is 11.0. The Morgan fingerprint density at radius 2 is 2.00 bits per heavy atom. The fourth-order valence-corrected chi connectivity index (χ4v) is 2.78. The molecule has 0 aliphatic rings. The van der Waals surface area contributed by atoms with Crippen molar-refractivity contribution in [3.8, 4) is 0 Å². The van der Waals surface area contributed by atoms with Gasteiger partial charge in [-0.2, -0.15) is 5.10 Å². The number of hydrogen-bond acceptors (Lipinski definition) is 3. The predicted molar refractivity (Wildman–Crippen MR) is 105 cm³/mol. The molecule has 0 aliphatic carbocycles. The maximum atomic E-state index is 4.29. The fraction of sp³-hybridized carbons (Fsp3) is 0.474. The first-order chi connectivity index (χ1) is 12.2. The Labute approximate surface area is 151 Å². The van der Waals surface area contributed by atoms with E-state index >= 15 is 0 Å². The van der Waals surface area contributed by atoms with Crippen molar-refractivity contribution in [2.75, 3.05) is 38.1 Å². The summed E-state index contributed by atoms with van der Waals surface area (Å²) in [5.74, 6) is 0.848. The molecule has 0 radical (unpaired) electrons. The van der Waals surface area contributed by atoms with Crippen molar-refractivity contribution in [1.82, 2.24) is 20.4 Å². The first-order valence-corrected chi connectivity index (χ1v) is 8.97. The molecule has 6 nitrogen and oxygen atoms in total. The van der Waals surface area contributed by atoms with Gasteiger partial charge in [0.15, 0.2) is 5.96 Å². The number of benzene rings is 1. The van der Waals surface area contributed by atoms with Crippen LogP contribution >= 0.6 is 0 Å². The summed E-state index contributed by atoms with van der Waals surface area (Å²) in [7, 11) is 1.81. The lowest BCUT2D eigenvalue weighted by atomic mass is 10.2. The Kier molecular flexibility index (Phi) is 7.82. The Morgan fingerprint density at radius 1 is 1.20 bits per heavy atom. The van der Waals surface area contributed by atoms with Gasteiger partial charge in [-0.05, 0) is 38.0 Å². The van der Waals surface area contributed by atoms with Crippen LogP contribution in [0.1, 0.15) is 18.9 Å². The van der Waals surface area contributed by atoms with Crippen molar-refractivity contribution >= 4 is 11.6 Å². The standard InChI is InChI=1S/C19H30N6/c1-4-24(18-10-6-5-9-17(18)2)16-13-22-19(20-3)21-11-7-14-25-15-8-12-23-25/h5-6,8-10,12,15H,4,7,11,13-14,16H2,1-3H3,(H2,20,21,22). The second-order valence-electron chi connectivity index (χ2n) is 5.91. The summed E-state index contributed by atoms with van der Waals surface area (Å²) in [6, 6.07) is 10.5. The monoisotopic (exact) mass is 342 g/mol. The summed E-state index contributed by atoms with van der Waals surface area (Å²) in [6.45, 7) is 8.90. The first kappa shape index (κ1) is 18.8. The molecule has 0 saturated heterocycles. The van der Waals surface area contributed by atoms with E-state index < -0.39 is 0 Å². The number of para-hydroxylation sites is 1. The van der Waals surface area contributed by atoms with E-state index in [2.05, 4.69) is 63.7 Å². The lowest BCUT2D eigenvalue weighted by Gasteiger charge is -2.25. The zero-order valence-corrected chi connectivity index (χ0v) is 15.6. The fourth-order valence-electron chi connectivity index (χ4n) is 2.78. The summed E-state index contributed by atoms with van der Waals surface area (Å²) >= 11 is 0. The Hall–Kier alpha value is -2.50. The van der Waals surface area contributed by atoms with E-state index in [0.29, 0.717) is 0 Å². The van der Waals surface area contributed by atoms with Gasteiger partial charge in [0.1, 0.15) is 0 Å². The molecule has 2 N–H and O–H groups in total. The Bertz CT molecular complexity index is 635. The molecule has 0 unspecified atom stereocenters. The maximum absolute atomic E-state index is 4.29. The molecule has 1 aromatic carbocycles. The van der Waals surface area contributed by atoms with Crippen LogP contribution < -0.4 is 15.5 Å². The summed E-state index contributed by atoms with van der Waals surface area (Å²) in [4.78, 5) is 6.67. The zero-order chi connectivity index (χ0) is 17.9. The van der Waals surface area contributed by atoms with Crippen molar-refractivity contribution in [3.05, 3.63) is 48.3 Å². The van der Waals surface area contributed by atoms with E-state index in [-0.39, 0.29) is 0 Å². The van der Waals surface area contributed by atoms with Gasteiger partial charge in [-0.1, -0.05) is 18.2 Å². The van der Waals surface area contributed by atoms with Gasteiger partial charge in [0.25, 0.3) is 0 Å². The van der Waals surface area contributed by atoms with Crippen LogP contribution in [0.4, 0.5) is 5.69 Å². The molecular formula is C19H30N6. The number of nitrogens with zero attached hydrogens (tertiary/aromatic N) is 4. The number of anilines is 1. The average Bonchev–Trinajstić information content (AvgIpc) is 3.15. The maximum Gasteiger partial charge on any atom is 0.191 e. The third-order valence-electron chi connectivity index (χ3n) is 4.15. The number of likely N-dealkylation sites (N-methyl/N-ethyl adjacent to an activating group) is 1. The molecule has 1 heterocycles. The molecule has 0 aliphatic heterocycles. The Morgan fingerprint density at radius 3 is 2.68 bits per heavy atom. The van der Waals surface area contributed by atoms with E-state index in [0.717, 1.165) is 45.1 Å². The number of hydrogen-bond donors (Lipinski definition) is 2. The van der Waals surface area contributed by atoms with Crippen molar-refractivity contribution in [2.45, 2.75) is 26.8 Å². The van der Waals surface area contributed by atoms with Gasteiger partial charge in [0.05, 0.1) is 0 Å². The normalized spacial score (nSPS) is 11.4. The third-order valence-corrected chi connectivity index (χ3v) is 4.15. The summed E-state index contributed by atoms with van der Waals surface area (Å²) in [6.07, 6.45) is 4.80. The zero-order valence-electron chi connectivity index (χ0n) is 15.6. The van der Waals surface area contributed by atoms with E-state index in [1.165, 1.54) is 11.3 Å². The van der Waals surface area contributed by atoms with Gasteiger partial charge in [-0.25, -0.2) is 0 Å². The molecule has 1 aromatic heterocycles. The van der Waals surface area contributed by atoms with E-state index in [1.54, 1.807) is 0 Å². The van der Waals surface area contributed by atoms with Crippen LogP contribution in [0.3, 0.4) is 0 Å². The van der Waals surface area contributed by atoms with Crippen LogP contribution in [-0.2, 0) is 6.54 Å². The van der Waals surface area contributed by atoms with Crippen LogP contribution in [0.2, 0.25) is 0 Å². The number of aryl methyl sites for hydroxylation is 2. The number of nitrogens with one attached hydrogen (secondary N) is 2. The molecule has 2 aromatic rings. The van der Waals surface area contributed by atoms with Gasteiger partial charge < -0.3 is 15.5 Å². The summed E-state index contributed by atoms with van der Waals surface area (Å²) in [5.41, 5.74) is 2.61. The van der Waals surface area contributed by atoms with Crippen LogP contribution in [-0.4, -0.2) is 49.0 Å². The van der Waals surface area contributed by atoms with Gasteiger partial charge in [0.2, 0.25) is 0 Å². The highest BCUT2D eigenvalue weighted by molar-refractivity contribution is 5.79. The quantitative estimate of drug-likeness (QED) is 0.417. The average molecular weight is 342 g/mol. The van der Waals surface area contributed by atoms with Crippen molar-refractivity contribution in [3.63, 3.8) is 0 Å². The summed E-state index contributed by atoms with van der Waals surface area (Å²) < 4.78 is 1.94. The van der Waals surface area contributed by atoms with Gasteiger partial charge >= 0.3 is 0 Å². The molecular weight excluding hydrogens is 312 g/mol. The van der Waals surface area contributed by atoms with Crippen LogP contribution in [0, 0.1) is 6.92 Å². The molecule has 6 heteroatoms. The van der Waals surface area contributed by atoms with Crippen LogP contribution in [0.15, 0.2) is 47.7 Å². The smallest absolute Gasteiger partial charge is 0.191 e. The molecule has 2 rings (SSSR count). The van der Waals surface area contributed by atoms with E-state index in [4.69, 9.17) is 0 Å². The number of guanidine groups is 1. The minimum Gasteiger partial charge on any atom is -0.370 e. The Balaban J connectivity index is 1.70. The minimum absolute atomic E-state index is 0.848. The van der Waals surface area contributed by atoms with Crippen LogP contribution in [0.25, 0.3) is 0 Å². The molecule has 0 fully saturated rings. The van der Waals surface area contributed by atoms with E-state index in [9.17, 15) is 0 Å². The van der Waals surface area contributed by atoms with Crippen molar-refractivity contribution in [2.24, 2.45) is 4.99 Å². The lowest BCUT2D eigenvalue weighted by molar-refractivity contribution is 0.570. The van der Waals surface area contributed by atoms with Gasteiger partial charge in [-0.15, -0.1) is 0 Å². The highest BCUT2D eigenvalue weighted by Crippen LogP contribution is 2.18. The minimum atomic E-state index is 0.848. The first-order valence-electron chi connectivity index (χ1n) is 8.97. The third kappa shape index (κ3) is 6.14. The molecule has 136 valence electrons. The van der Waals surface area contributed by atoms with Gasteiger partial charge in [-0.3, -0.25) is 9.67 Å². The second-order valence-corrected chi connectivity index (χ2v) is 5.91. The number of rotatable bonds is 9. The van der Waals surface area contributed by atoms with Crippen molar-refractivity contribution in [1.29, 1.82) is 0 Å². The largest absolute Gasteiger partial charge is 0.370 e.